The molecule has 0 radical (unpaired) electrons. The highest BCUT2D eigenvalue weighted by molar-refractivity contribution is 5.44. The third-order valence-corrected chi connectivity index (χ3v) is 9.11. The maximum atomic E-state index is 6.13. The molecule has 2 saturated heterocycles. The molecule has 10 nitrogen and oxygen atoms in total. The molecule has 0 amide bonds. The van der Waals surface area contributed by atoms with Gasteiger partial charge in [0.2, 0.25) is 0 Å². The van der Waals surface area contributed by atoms with Crippen LogP contribution < -0.4 is 5.32 Å². The highest BCUT2D eigenvalue weighted by Crippen LogP contribution is 2.41. The monoisotopic (exact) mass is 525 g/mol. The van der Waals surface area contributed by atoms with E-state index >= 15 is 0 Å². The Morgan fingerprint density at radius 3 is 2.61 bits per heavy atom. The van der Waals surface area contributed by atoms with Crippen molar-refractivity contribution >= 4 is 5.82 Å². The molecule has 4 heterocycles. The number of hydrogen-bond acceptors (Lipinski definition) is 9. The van der Waals surface area contributed by atoms with Gasteiger partial charge in [-0.25, -0.2) is 9.67 Å². The van der Waals surface area contributed by atoms with Gasteiger partial charge in [-0.1, -0.05) is 6.92 Å². The Labute approximate surface area is 225 Å². The average molecular weight is 526 g/mol. The van der Waals surface area contributed by atoms with E-state index < -0.39 is 0 Å². The summed E-state index contributed by atoms with van der Waals surface area (Å²) in [5, 5.41) is 17.1. The van der Waals surface area contributed by atoms with Crippen LogP contribution in [0.1, 0.15) is 88.9 Å². The summed E-state index contributed by atoms with van der Waals surface area (Å²) in [7, 11) is 1.69. The number of methoxy groups -OCH3 is 1. The molecule has 0 unspecified atom stereocenters. The molecule has 1 spiro atoms. The Morgan fingerprint density at radius 2 is 1.92 bits per heavy atom. The largest absolute Gasteiger partial charge is 0.376 e. The summed E-state index contributed by atoms with van der Waals surface area (Å²) in [6.45, 7) is 10.1. The SMILES string of the molecule is CO[C@@H](C)c1nc(C2CC2)n(-c2cnnc(NC3CCC(C)(CN4CCC5(CC4)COCCO5)CC3)c2)n1. The molecule has 0 aromatic carbocycles. The van der Waals surface area contributed by atoms with Crippen molar-refractivity contribution in [2.75, 3.05) is 51.9 Å². The Balaban J connectivity index is 1.04. The topological polar surface area (TPSA) is 99.5 Å². The Kier molecular flexibility index (Phi) is 7.41. The summed E-state index contributed by atoms with van der Waals surface area (Å²) in [4.78, 5) is 7.45. The minimum absolute atomic E-state index is 0.0257. The molecule has 38 heavy (non-hydrogen) atoms. The molecule has 2 aromatic rings. The fourth-order valence-corrected chi connectivity index (χ4v) is 6.35. The summed E-state index contributed by atoms with van der Waals surface area (Å²) >= 11 is 0. The molecule has 4 fully saturated rings. The second-order valence-electron chi connectivity index (χ2n) is 12.3. The van der Waals surface area contributed by atoms with Crippen LogP contribution in [0.5, 0.6) is 0 Å². The highest BCUT2D eigenvalue weighted by atomic mass is 16.6. The fourth-order valence-electron chi connectivity index (χ4n) is 6.35. The molecule has 2 aliphatic heterocycles. The number of nitrogens with zero attached hydrogens (tertiary/aromatic N) is 6. The zero-order chi connectivity index (χ0) is 26.2. The van der Waals surface area contributed by atoms with Crippen LogP contribution in [0.4, 0.5) is 5.82 Å². The molecule has 2 saturated carbocycles. The van der Waals surface area contributed by atoms with E-state index in [-0.39, 0.29) is 11.7 Å². The highest BCUT2D eigenvalue weighted by Gasteiger charge is 2.40. The van der Waals surface area contributed by atoms with E-state index in [1.54, 1.807) is 13.3 Å². The molecule has 0 bridgehead atoms. The number of anilines is 1. The summed E-state index contributed by atoms with van der Waals surface area (Å²) in [6.07, 6.45) is 10.8. The van der Waals surface area contributed by atoms with E-state index in [1.165, 1.54) is 19.4 Å². The molecule has 2 aliphatic carbocycles. The smallest absolute Gasteiger partial charge is 0.179 e. The zero-order valence-electron chi connectivity index (χ0n) is 23.2. The molecular formula is C28H43N7O3. The third-order valence-electron chi connectivity index (χ3n) is 9.11. The van der Waals surface area contributed by atoms with Crippen LogP contribution in [0.25, 0.3) is 5.69 Å². The molecule has 6 rings (SSSR count). The second-order valence-corrected chi connectivity index (χ2v) is 12.3. The van der Waals surface area contributed by atoms with Crippen molar-refractivity contribution in [2.45, 2.75) is 88.9 Å². The fraction of sp³-hybridized carbons (Fsp3) is 0.786. The normalized spacial score (nSPS) is 28.9. The number of nitrogens with one attached hydrogen (secondary N) is 1. The van der Waals surface area contributed by atoms with Crippen LogP contribution in [0.15, 0.2) is 12.3 Å². The van der Waals surface area contributed by atoms with Crippen molar-refractivity contribution < 1.29 is 14.2 Å². The number of likely N-dealkylation sites (tertiary alicyclic amines) is 1. The number of aromatic nitrogens is 5. The first-order valence-electron chi connectivity index (χ1n) is 14.5. The van der Waals surface area contributed by atoms with Gasteiger partial charge in [0.25, 0.3) is 0 Å². The van der Waals surface area contributed by atoms with Crippen molar-refractivity contribution in [3.05, 3.63) is 23.9 Å². The van der Waals surface area contributed by atoms with Gasteiger partial charge < -0.3 is 24.4 Å². The minimum atomic E-state index is -0.140. The molecule has 1 atom stereocenters. The molecule has 4 aliphatic rings. The van der Waals surface area contributed by atoms with Crippen LogP contribution in [0.3, 0.4) is 0 Å². The van der Waals surface area contributed by atoms with Crippen LogP contribution >= 0.6 is 0 Å². The van der Waals surface area contributed by atoms with Gasteiger partial charge in [0.05, 0.1) is 37.3 Å². The second kappa shape index (κ2) is 10.8. The minimum Gasteiger partial charge on any atom is -0.376 e. The zero-order valence-corrected chi connectivity index (χ0v) is 23.2. The third kappa shape index (κ3) is 5.73. The van der Waals surface area contributed by atoms with Crippen LogP contribution in [-0.4, -0.2) is 88.1 Å². The quantitative estimate of drug-likeness (QED) is 0.550. The van der Waals surface area contributed by atoms with Gasteiger partial charge in [-0.05, 0) is 63.7 Å². The number of hydrogen-bond donors (Lipinski definition) is 1. The maximum Gasteiger partial charge on any atom is 0.179 e. The molecular weight excluding hydrogens is 482 g/mol. The van der Waals surface area contributed by atoms with Crippen molar-refractivity contribution in [3.8, 4) is 5.69 Å². The lowest BCUT2D eigenvalue weighted by Crippen LogP contribution is -2.53. The Bertz CT molecular complexity index is 1080. The number of rotatable bonds is 8. The van der Waals surface area contributed by atoms with E-state index in [9.17, 15) is 0 Å². The maximum absolute atomic E-state index is 6.13. The lowest BCUT2D eigenvalue weighted by Gasteiger charge is -2.47. The van der Waals surface area contributed by atoms with Crippen LogP contribution in [-0.2, 0) is 14.2 Å². The van der Waals surface area contributed by atoms with Gasteiger partial charge in [0.1, 0.15) is 11.9 Å². The molecule has 10 heteroatoms. The first kappa shape index (κ1) is 26.1. The van der Waals surface area contributed by atoms with Gasteiger partial charge in [-0.3, -0.25) is 0 Å². The Hall–Kier alpha value is -2.14. The standard InChI is InChI=1S/C28H43N7O3/c1-20(36-3)25-31-26(21-4-5-21)35(33-25)23-16-24(32-29-17-23)30-22-6-8-27(2,9-7-22)18-34-12-10-28(11-13-34)19-37-14-15-38-28/h16-17,20-22H,4-15,18-19H2,1-3H3,(H,30,32)/t20-,22?,27?/m0/s1. The van der Waals surface area contributed by atoms with E-state index in [4.69, 9.17) is 24.3 Å². The van der Waals surface area contributed by atoms with E-state index in [0.717, 1.165) is 94.6 Å². The van der Waals surface area contributed by atoms with Crippen molar-refractivity contribution in [2.24, 2.45) is 5.41 Å². The van der Waals surface area contributed by atoms with Gasteiger partial charge >= 0.3 is 0 Å². The van der Waals surface area contributed by atoms with Gasteiger partial charge in [-0.15, -0.1) is 10.2 Å². The average Bonchev–Trinajstić information content (AvgIpc) is 3.69. The lowest BCUT2D eigenvalue weighted by atomic mass is 9.73. The molecule has 1 N–H and O–H groups in total. The summed E-state index contributed by atoms with van der Waals surface area (Å²) in [6, 6.07) is 2.47. The van der Waals surface area contributed by atoms with Gasteiger partial charge in [0.15, 0.2) is 11.6 Å². The van der Waals surface area contributed by atoms with Crippen molar-refractivity contribution in [1.82, 2.24) is 29.9 Å². The van der Waals surface area contributed by atoms with Crippen molar-refractivity contribution in [3.63, 3.8) is 0 Å². The first-order valence-corrected chi connectivity index (χ1v) is 14.5. The summed E-state index contributed by atoms with van der Waals surface area (Å²) < 4.78 is 19.3. The predicted octanol–water partition coefficient (Wildman–Crippen LogP) is 3.88. The van der Waals surface area contributed by atoms with Gasteiger partial charge in [0, 0.05) is 44.8 Å². The molecule has 2 aromatic heterocycles. The van der Waals surface area contributed by atoms with Crippen LogP contribution in [0, 0.1) is 5.41 Å². The van der Waals surface area contributed by atoms with Crippen molar-refractivity contribution in [1.29, 1.82) is 0 Å². The van der Waals surface area contributed by atoms with Gasteiger partial charge in [-0.2, -0.15) is 5.10 Å². The van der Waals surface area contributed by atoms with Crippen LogP contribution in [0.2, 0.25) is 0 Å². The summed E-state index contributed by atoms with van der Waals surface area (Å²) in [5.41, 5.74) is 1.23. The van der Waals surface area contributed by atoms with E-state index in [1.807, 2.05) is 11.6 Å². The Morgan fingerprint density at radius 1 is 1.13 bits per heavy atom. The van der Waals surface area contributed by atoms with E-state index in [2.05, 4.69) is 33.4 Å². The molecule has 208 valence electrons. The first-order chi connectivity index (χ1) is 18.4. The summed E-state index contributed by atoms with van der Waals surface area (Å²) in [5.74, 6) is 3.00. The lowest BCUT2D eigenvalue weighted by molar-refractivity contribution is -0.178. The predicted molar refractivity (Wildman–Crippen MR) is 144 cm³/mol. The number of piperidine rings is 1. The number of ether oxygens (including phenoxy) is 3. The van der Waals surface area contributed by atoms with E-state index in [0.29, 0.717) is 17.4 Å².